The van der Waals surface area contributed by atoms with Crippen molar-refractivity contribution in [2.24, 2.45) is 0 Å². The molecule has 0 unspecified atom stereocenters. The fourth-order valence-electron chi connectivity index (χ4n) is 5.41. The molecule has 0 saturated heterocycles. The van der Waals surface area contributed by atoms with Crippen LogP contribution in [-0.2, 0) is 6.61 Å². The Balaban J connectivity index is 0.000000189. The number of anilines is 4. The van der Waals surface area contributed by atoms with Crippen LogP contribution in [-0.4, -0.2) is 41.5 Å². The van der Waals surface area contributed by atoms with E-state index in [0.717, 1.165) is 16.3 Å². The highest BCUT2D eigenvalue weighted by atomic mass is 79.9. The number of phenols is 2. The Morgan fingerprint density at radius 1 is 0.574 bits per heavy atom. The van der Waals surface area contributed by atoms with Gasteiger partial charge in [-0.05, 0) is 73.8 Å². The van der Waals surface area contributed by atoms with E-state index in [1.165, 1.54) is 24.3 Å². The summed E-state index contributed by atoms with van der Waals surface area (Å²) in [7, 11) is 4.65. The van der Waals surface area contributed by atoms with Crippen LogP contribution in [0, 0.1) is 11.6 Å². The van der Waals surface area contributed by atoms with Crippen LogP contribution in [0.25, 0.3) is 21.8 Å². The van der Waals surface area contributed by atoms with Crippen LogP contribution in [0.1, 0.15) is 5.56 Å². The quantitative estimate of drug-likeness (QED) is 0.106. The van der Waals surface area contributed by atoms with Crippen molar-refractivity contribution in [1.82, 2.24) is 9.97 Å². The summed E-state index contributed by atoms with van der Waals surface area (Å²) in [6.07, 6.45) is 3.22. The summed E-state index contributed by atoms with van der Waals surface area (Å²) >= 11 is 6.19. The number of phenolic OH excluding ortho intramolecular Hbond substituents is 2. The summed E-state index contributed by atoms with van der Waals surface area (Å²) in [4.78, 5) is 8.70. The largest absolute Gasteiger partial charge is 0.507 e. The highest BCUT2D eigenvalue weighted by molar-refractivity contribution is 9.10. The number of aromatic hydroxyl groups is 2. The van der Waals surface area contributed by atoms with Gasteiger partial charge in [0.05, 0.1) is 52.7 Å². The SMILES string of the molecule is COc1cc2c(Nc3cc(O)c(Br)cc3F)ccnc2cc1OCc1ccccc1.COc1cc2nccc(Nc3cc(O)c(Br)cc3F)c2cc1OC. The van der Waals surface area contributed by atoms with Gasteiger partial charge >= 0.3 is 0 Å². The van der Waals surface area contributed by atoms with Crippen LogP contribution in [0.5, 0.6) is 34.5 Å². The van der Waals surface area contributed by atoms with Gasteiger partial charge in [0.2, 0.25) is 0 Å². The van der Waals surface area contributed by atoms with E-state index >= 15 is 0 Å². The molecule has 2 heterocycles. The molecule has 7 rings (SSSR count). The molecule has 7 aromatic rings. The van der Waals surface area contributed by atoms with Gasteiger partial charge in [0.15, 0.2) is 23.0 Å². The second-order valence-corrected chi connectivity index (χ2v) is 13.3. The Labute approximate surface area is 325 Å². The maximum atomic E-state index is 14.3. The molecule has 0 aliphatic rings. The van der Waals surface area contributed by atoms with E-state index in [1.54, 1.807) is 70.1 Å². The molecule has 10 nitrogen and oxygen atoms in total. The summed E-state index contributed by atoms with van der Waals surface area (Å²) in [6, 6.07) is 25.4. The molecule has 0 atom stereocenters. The van der Waals surface area contributed by atoms with E-state index in [4.69, 9.17) is 18.9 Å². The van der Waals surface area contributed by atoms with E-state index in [2.05, 4.69) is 52.5 Å². The predicted octanol–water partition coefficient (Wildman–Crippen LogP) is 10.8. The number of methoxy groups -OCH3 is 3. The molecule has 4 N–H and O–H groups in total. The van der Waals surface area contributed by atoms with Crippen LogP contribution < -0.4 is 29.6 Å². The van der Waals surface area contributed by atoms with Crippen molar-refractivity contribution >= 4 is 76.4 Å². The van der Waals surface area contributed by atoms with E-state index in [1.807, 2.05) is 30.3 Å². The first-order chi connectivity index (χ1) is 26.1. The van der Waals surface area contributed by atoms with Crippen LogP contribution in [0.2, 0.25) is 0 Å². The molecular formula is C40H32Br2F2N4O6. The van der Waals surface area contributed by atoms with Crippen molar-refractivity contribution < 1.29 is 37.9 Å². The number of benzene rings is 5. The summed E-state index contributed by atoms with van der Waals surface area (Å²) in [6.45, 7) is 0.393. The Kier molecular flexibility index (Phi) is 11.8. The molecule has 276 valence electrons. The van der Waals surface area contributed by atoms with E-state index < -0.39 is 11.6 Å². The van der Waals surface area contributed by atoms with Crippen molar-refractivity contribution in [1.29, 1.82) is 0 Å². The second kappa shape index (κ2) is 16.9. The van der Waals surface area contributed by atoms with Crippen LogP contribution in [0.3, 0.4) is 0 Å². The number of nitrogens with zero attached hydrogens (tertiary/aromatic N) is 2. The molecule has 0 saturated carbocycles. The maximum Gasteiger partial charge on any atom is 0.163 e. The fourth-order valence-corrected chi connectivity index (χ4v) is 6.04. The number of halogens is 4. The molecule has 0 radical (unpaired) electrons. The van der Waals surface area contributed by atoms with Crippen molar-refractivity contribution in [2.45, 2.75) is 6.61 Å². The van der Waals surface area contributed by atoms with Gasteiger partial charge in [-0.15, -0.1) is 0 Å². The molecule has 0 aliphatic carbocycles. The van der Waals surface area contributed by atoms with Gasteiger partial charge in [0, 0.05) is 58.8 Å². The smallest absolute Gasteiger partial charge is 0.163 e. The standard InChI is InChI=1S/C23H18BrFN2O3.C17H14BrFN2O3/c1-29-22-9-15-18(27-20-11-21(28)16(24)10-17(20)25)7-8-26-19(15)12-23(22)30-13-14-5-3-2-4-6-14;1-23-16-5-9-12(3-4-20-13(9)8-17(16)24-2)21-14-7-15(22)10(18)6-11(14)19/h2-12,28H,13H2,1H3,(H,26,27);3-8,22H,1-2H3,(H,20,21). The van der Waals surface area contributed by atoms with Crippen LogP contribution in [0.15, 0.2) is 112 Å². The Morgan fingerprint density at radius 3 is 1.50 bits per heavy atom. The molecule has 14 heteroatoms. The number of pyridine rings is 2. The van der Waals surface area contributed by atoms with Gasteiger partial charge in [-0.3, -0.25) is 9.97 Å². The first-order valence-corrected chi connectivity index (χ1v) is 17.7. The lowest BCUT2D eigenvalue weighted by Gasteiger charge is -2.15. The lowest BCUT2D eigenvalue weighted by molar-refractivity contribution is 0.285. The van der Waals surface area contributed by atoms with Gasteiger partial charge in [0.25, 0.3) is 0 Å². The Bertz CT molecular complexity index is 2460. The monoisotopic (exact) mass is 860 g/mol. The number of hydrogen-bond acceptors (Lipinski definition) is 10. The lowest BCUT2D eigenvalue weighted by atomic mass is 10.1. The number of hydrogen-bond donors (Lipinski definition) is 4. The molecule has 5 aromatic carbocycles. The third-order valence-electron chi connectivity index (χ3n) is 8.12. The Hall–Kier alpha value is -5.86. The zero-order valence-electron chi connectivity index (χ0n) is 29.0. The maximum absolute atomic E-state index is 14.3. The summed E-state index contributed by atoms with van der Waals surface area (Å²) in [5.41, 5.74) is 3.90. The van der Waals surface area contributed by atoms with E-state index in [9.17, 15) is 19.0 Å². The zero-order chi connectivity index (χ0) is 38.4. The number of rotatable bonds is 10. The fraction of sp³-hybridized carbons (Fsp3) is 0.100. The molecule has 2 aromatic heterocycles. The van der Waals surface area contributed by atoms with Crippen molar-refractivity contribution in [3.8, 4) is 34.5 Å². The molecule has 0 bridgehead atoms. The highest BCUT2D eigenvalue weighted by Gasteiger charge is 2.15. The topological polar surface area (TPSA) is 127 Å². The number of aromatic nitrogens is 2. The predicted molar refractivity (Wildman–Crippen MR) is 212 cm³/mol. The molecule has 54 heavy (non-hydrogen) atoms. The summed E-state index contributed by atoms with van der Waals surface area (Å²) < 4.78 is 51.0. The summed E-state index contributed by atoms with van der Waals surface area (Å²) in [5.74, 6) is 1.08. The lowest BCUT2D eigenvalue weighted by Crippen LogP contribution is -1.99. The van der Waals surface area contributed by atoms with Crippen molar-refractivity contribution in [3.05, 3.63) is 130 Å². The molecular weight excluding hydrogens is 830 g/mol. The molecule has 0 amide bonds. The minimum Gasteiger partial charge on any atom is -0.507 e. The Morgan fingerprint density at radius 2 is 1.02 bits per heavy atom. The second-order valence-electron chi connectivity index (χ2n) is 11.6. The van der Waals surface area contributed by atoms with Gasteiger partial charge in [-0.2, -0.15) is 0 Å². The normalized spacial score (nSPS) is 10.7. The zero-order valence-corrected chi connectivity index (χ0v) is 32.1. The van der Waals surface area contributed by atoms with Crippen LogP contribution >= 0.6 is 31.9 Å². The van der Waals surface area contributed by atoms with Gasteiger partial charge < -0.3 is 39.8 Å². The molecule has 0 aliphatic heterocycles. The minimum absolute atomic E-state index is 0.0588. The van der Waals surface area contributed by atoms with Gasteiger partial charge in [-0.25, -0.2) is 8.78 Å². The van der Waals surface area contributed by atoms with Crippen molar-refractivity contribution in [2.75, 3.05) is 32.0 Å². The van der Waals surface area contributed by atoms with E-state index in [-0.39, 0.29) is 31.8 Å². The number of nitrogens with one attached hydrogen (secondary N) is 2. The molecule has 0 spiro atoms. The third-order valence-corrected chi connectivity index (χ3v) is 9.39. The average Bonchev–Trinajstić information content (AvgIpc) is 3.18. The first-order valence-electron chi connectivity index (χ1n) is 16.1. The first kappa shape index (κ1) is 37.9. The average molecular weight is 863 g/mol. The van der Waals surface area contributed by atoms with Gasteiger partial charge in [0.1, 0.15) is 29.7 Å². The summed E-state index contributed by atoms with van der Waals surface area (Å²) in [5, 5.41) is 27.1. The third kappa shape index (κ3) is 8.50. The number of ether oxygens (including phenoxy) is 4. The van der Waals surface area contributed by atoms with Crippen LogP contribution in [0.4, 0.5) is 31.5 Å². The molecule has 0 fully saturated rings. The van der Waals surface area contributed by atoms with E-state index in [0.29, 0.717) is 52.0 Å². The van der Waals surface area contributed by atoms with Crippen molar-refractivity contribution in [3.63, 3.8) is 0 Å². The van der Waals surface area contributed by atoms with Gasteiger partial charge in [-0.1, -0.05) is 30.3 Å². The minimum atomic E-state index is -0.501. The highest BCUT2D eigenvalue weighted by Crippen LogP contribution is 2.39. The number of fused-ring (bicyclic) bond motifs is 2.